The standard InChI is InChI=1S/C20H23NO5/c1-2-3-4-5-6-7-8-9-10-18(22)15-11-12-19-16(13-15)14-17(21(24)25)20(23)26-19/h2,11-14H,1,3-10H2. The number of carbonyl (C=O) groups is 1. The van der Waals surface area contributed by atoms with E-state index in [1.54, 1.807) is 12.1 Å². The van der Waals surface area contributed by atoms with Crippen LogP contribution in [0.2, 0.25) is 0 Å². The number of hydrogen-bond donors (Lipinski definition) is 0. The van der Waals surface area contributed by atoms with Crippen LogP contribution in [0.3, 0.4) is 0 Å². The number of hydrogen-bond acceptors (Lipinski definition) is 5. The highest BCUT2D eigenvalue weighted by Crippen LogP contribution is 2.20. The first kappa shape index (κ1) is 19.6. The van der Waals surface area contributed by atoms with Gasteiger partial charge in [0.25, 0.3) is 0 Å². The molecule has 26 heavy (non-hydrogen) atoms. The summed E-state index contributed by atoms with van der Waals surface area (Å²) in [6.07, 6.45) is 9.89. The molecule has 1 heterocycles. The van der Waals surface area contributed by atoms with E-state index in [0.717, 1.165) is 31.7 Å². The number of fused-ring (bicyclic) bond motifs is 1. The molecule has 0 radical (unpaired) electrons. The summed E-state index contributed by atoms with van der Waals surface area (Å²) in [5.41, 5.74) is -0.906. The summed E-state index contributed by atoms with van der Waals surface area (Å²) in [6.45, 7) is 3.70. The summed E-state index contributed by atoms with van der Waals surface area (Å²) >= 11 is 0. The summed E-state index contributed by atoms with van der Waals surface area (Å²) < 4.78 is 4.93. The Labute approximate surface area is 151 Å². The summed E-state index contributed by atoms with van der Waals surface area (Å²) in [5.74, 6) is -0.00703. The second kappa shape index (κ2) is 9.65. The molecule has 2 aromatic rings. The van der Waals surface area contributed by atoms with Crippen LogP contribution in [0.1, 0.15) is 61.7 Å². The number of benzene rings is 1. The lowest BCUT2D eigenvalue weighted by atomic mass is 10.0. The zero-order chi connectivity index (χ0) is 18.9. The Morgan fingerprint density at radius 2 is 1.81 bits per heavy atom. The number of nitro groups is 1. The molecular weight excluding hydrogens is 334 g/mol. The summed E-state index contributed by atoms with van der Waals surface area (Å²) in [6, 6.07) is 5.80. The molecule has 1 aromatic heterocycles. The molecule has 0 unspecified atom stereocenters. The van der Waals surface area contributed by atoms with E-state index >= 15 is 0 Å². The Hall–Kier alpha value is -2.76. The van der Waals surface area contributed by atoms with Crippen molar-refractivity contribution in [3.63, 3.8) is 0 Å². The van der Waals surface area contributed by atoms with Crippen LogP contribution in [0, 0.1) is 10.1 Å². The molecule has 0 bridgehead atoms. The lowest BCUT2D eigenvalue weighted by Crippen LogP contribution is -2.06. The first-order chi connectivity index (χ1) is 12.5. The Morgan fingerprint density at radius 3 is 2.50 bits per heavy atom. The van der Waals surface area contributed by atoms with E-state index in [1.807, 2.05) is 6.08 Å². The van der Waals surface area contributed by atoms with Crippen molar-refractivity contribution in [2.24, 2.45) is 0 Å². The molecule has 0 amide bonds. The van der Waals surface area contributed by atoms with Crippen LogP contribution in [-0.2, 0) is 0 Å². The van der Waals surface area contributed by atoms with Gasteiger partial charge in [0.05, 0.1) is 4.92 Å². The number of Topliss-reactive ketones (excluding diaryl/α,β-unsaturated/α-hetero) is 1. The molecule has 0 aliphatic rings. The van der Waals surface area contributed by atoms with Gasteiger partial charge in [-0.25, -0.2) is 4.79 Å². The van der Waals surface area contributed by atoms with Gasteiger partial charge in [-0.05, 0) is 37.5 Å². The Balaban J connectivity index is 1.91. The Kier molecular flexibility index (Phi) is 7.26. The molecule has 6 heteroatoms. The maximum Gasteiger partial charge on any atom is 0.415 e. The topological polar surface area (TPSA) is 90.4 Å². The smallest absolute Gasteiger partial charge is 0.415 e. The van der Waals surface area contributed by atoms with Crippen molar-refractivity contribution in [2.75, 3.05) is 0 Å². The Morgan fingerprint density at radius 1 is 1.12 bits per heavy atom. The number of unbranched alkanes of at least 4 members (excludes halogenated alkanes) is 6. The quantitative estimate of drug-likeness (QED) is 0.138. The minimum Gasteiger partial charge on any atom is -0.418 e. The lowest BCUT2D eigenvalue weighted by molar-refractivity contribution is -0.387. The fourth-order valence-electron chi connectivity index (χ4n) is 2.84. The van der Waals surface area contributed by atoms with Gasteiger partial charge in [-0.1, -0.05) is 31.8 Å². The summed E-state index contributed by atoms with van der Waals surface area (Å²) in [5, 5.41) is 11.2. The molecule has 0 saturated carbocycles. The molecule has 0 N–H and O–H groups in total. The average Bonchev–Trinajstić information content (AvgIpc) is 2.62. The summed E-state index contributed by atoms with van der Waals surface area (Å²) in [4.78, 5) is 33.9. The monoisotopic (exact) mass is 357 g/mol. The van der Waals surface area contributed by atoms with Crippen LogP contribution in [0.4, 0.5) is 5.69 Å². The predicted octanol–water partition coefficient (Wildman–Crippen LogP) is 5.19. The number of ketones is 1. The number of rotatable bonds is 11. The fourth-order valence-corrected chi connectivity index (χ4v) is 2.84. The molecule has 2 rings (SSSR count). The van der Waals surface area contributed by atoms with E-state index < -0.39 is 16.2 Å². The Bertz CT molecular complexity index is 853. The van der Waals surface area contributed by atoms with Crippen LogP contribution in [0.15, 0.2) is 46.1 Å². The zero-order valence-electron chi connectivity index (χ0n) is 14.7. The van der Waals surface area contributed by atoms with Crippen molar-refractivity contribution in [2.45, 2.75) is 51.4 Å². The summed E-state index contributed by atoms with van der Waals surface area (Å²) in [7, 11) is 0. The number of carbonyl (C=O) groups excluding carboxylic acids is 1. The minimum atomic E-state index is -0.991. The number of allylic oxidation sites excluding steroid dienone is 1. The van der Waals surface area contributed by atoms with Crippen molar-refractivity contribution < 1.29 is 14.1 Å². The molecule has 0 fully saturated rings. The third kappa shape index (κ3) is 5.37. The fraction of sp³-hybridized carbons (Fsp3) is 0.400. The molecular formula is C20H23NO5. The van der Waals surface area contributed by atoms with Gasteiger partial charge in [-0.15, -0.1) is 6.58 Å². The van der Waals surface area contributed by atoms with Gasteiger partial charge < -0.3 is 4.42 Å². The molecule has 6 nitrogen and oxygen atoms in total. The minimum absolute atomic E-state index is 0.00703. The van der Waals surface area contributed by atoms with Gasteiger partial charge >= 0.3 is 11.3 Å². The van der Waals surface area contributed by atoms with Crippen LogP contribution in [0.25, 0.3) is 11.0 Å². The first-order valence-corrected chi connectivity index (χ1v) is 8.89. The van der Waals surface area contributed by atoms with Gasteiger partial charge in [0, 0.05) is 23.4 Å². The molecule has 0 aliphatic heterocycles. The van der Waals surface area contributed by atoms with Crippen LogP contribution in [-0.4, -0.2) is 10.7 Å². The van der Waals surface area contributed by atoms with E-state index in [4.69, 9.17) is 4.42 Å². The maximum atomic E-state index is 12.3. The van der Waals surface area contributed by atoms with Crippen molar-refractivity contribution in [1.29, 1.82) is 0 Å². The van der Waals surface area contributed by atoms with Gasteiger partial charge in [0.15, 0.2) is 5.78 Å². The molecule has 0 spiro atoms. The zero-order valence-corrected chi connectivity index (χ0v) is 14.7. The van der Waals surface area contributed by atoms with Crippen LogP contribution in [0.5, 0.6) is 0 Å². The first-order valence-electron chi connectivity index (χ1n) is 8.89. The van der Waals surface area contributed by atoms with Crippen LogP contribution < -0.4 is 5.63 Å². The van der Waals surface area contributed by atoms with E-state index in [1.165, 1.54) is 25.3 Å². The SMILES string of the molecule is C=CCCCCCCCCC(=O)c1ccc2oc(=O)c([N+](=O)[O-])cc2c1. The maximum absolute atomic E-state index is 12.3. The predicted molar refractivity (Wildman–Crippen MR) is 101 cm³/mol. The van der Waals surface area contributed by atoms with E-state index in [0.29, 0.717) is 17.4 Å². The van der Waals surface area contributed by atoms with Gasteiger partial charge in [-0.2, -0.15) is 0 Å². The average molecular weight is 357 g/mol. The highest BCUT2D eigenvalue weighted by molar-refractivity contribution is 5.99. The van der Waals surface area contributed by atoms with E-state index in [-0.39, 0.29) is 11.4 Å². The molecule has 0 saturated heterocycles. The normalized spacial score (nSPS) is 10.8. The second-order valence-corrected chi connectivity index (χ2v) is 6.30. The highest BCUT2D eigenvalue weighted by atomic mass is 16.6. The number of nitrogens with zero attached hydrogens (tertiary/aromatic N) is 1. The second-order valence-electron chi connectivity index (χ2n) is 6.30. The lowest BCUT2D eigenvalue weighted by Gasteiger charge is -2.04. The van der Waals surface area contributed by atoms with Crippen molar-refractivity contribution >= 4 is 22.4 Å². The largest absolute Gasteiger partial charge is 0.418 e. The highest BCUT2D eigenvalue weighted by Gasteiger charge is 2.16. The van der Waals surface area contributed by atoms with Crippen molar-refractivity contribution in [3.8, 4) is 0 Å². The van der Waals surface area contributed by atoms with Crippen molar-refractivity contribution in [1.82, 2.24) is 0 Å². The van der Waals surface area contributed by atoms with Crippen molar-refractivity contribution in [3.05, 3.63) is 63.0 Å². The molecule has 138 valence electrons. The van der Waals surface area contributed by atoms with Gasteiger partial charge in [0.2, 0.25) is 0 Å². The van der Waals surface area contributed by atoms with Crippen LogP contribution >= 0.6 is 0 Å². The molecule has 0 aliphatic carbocycles. The van der Waals surface area contributed by atoms with E-state index in [9.17, 15) is 19.7 Å². The third-order valence-corrected chi connectivity index (χ3v) is 4.29. The van der Waals surface area contributed by atoms with E-state index in [2.05, 4.69) is 6.58 Å². The third-order valence-electron chi connectivity index (χ3n) is 4.29. The molecule has 0 atom stereocenters. The van der Waals surface area contributed by atoms with Gasteiger partial charge in [-0.3, -0.25) is 14.9 Å². The molecule has 1 aromatic carbocycles. The van der Waals surface area contributed by atoms with Gasteiger partial charge in [0.1, 0.15) is 5.58 Å².